The van der Waals surface area contributed by atoms with E-state index in [2.05, 4.69) is 0 Å². The largest absolute Gasteiger partial charge is 0.481 e. The van der Waals surface area contributed by atoms with E-state index in [9.17, 15) is 24.3 Å². The van der Waals surface area contributed by atoms with Gasteiger partial charge >= 0.3 is 17.8 Å². The van der Waals surface area contributed by atoms with E-state index < -0.39 is 23.7 Å². The van der Waals surface area contributed by atoms with Crippen molar-refractivity contribution in [3.05, 3.63) is 35.9 Å². The van der Waals surface area contributed by atoms with Gasteiger partial charge in [0.25, 0.3) is 0 Å². The van der Waals surface area contributed by atoms with Crippen molar-refractivity contribution in [3.63, 3.8) is 0 Å². The first kappa shape index (κ1) is 19.9. The molecule has 0 radical (unpaired) electrons. The van der Waals surface area contributed by atoms with E-state index in [0.29, 0.717) is 32.6 Å². The lowest BCUT2D eigenvalue weighted by atomic mass is 9.89. The van der Waals surface area contributed by atoms with Crippen LogP contribution in [0, 0.1) is 5.92 Å². The zero-order chi connectivity index (χ0) is 20.3. The minimum atomic E-state index is -0.969. The van der Waals surface area contributed by atoms with E-state index in [1.807, 2.05) is 30.3 Å². The molecule has 8 nitrogen and oxygen atoms in total. The third kappa shape index (κ3) is 4.16. The maximum absolute atomic E-state index is 12.8. The van der Waals surface area contributed by atoms with Gasteiger partial charge < -0.3 is 19.8 Å². The zero-order valence-electron chi connectivity index (χ0n) is 15.9. The average molecular weight is 387 g/mol. The third-order valence-electron chi connectivity index (χ3n) is 5.56. The van der Waals surface area contributed by atoms with Crippen molar-refractivity contribution in [1.82, 2.24) is 14.7 Å². The standard InChI is InChI=1S/C20H25N3O5/c1-14(24)21-8-5-9-22(11-10-21)18(25)19(26)23-12-16(17(13-23)20(27)28)15-6-3-2-4-7-15/h2-4,6-7,16-17H,5,8-13H2,1H3,(H,27,28)/t16-,17+/m1/s1. The van der Waals surface area contributed by atoms with E-state index in [-0.39, 0.29) is 24.9 Å². The number of carbonyl (C=O) groups is 4. The van der Waals surface area contributed by atoms with Crippen LogP contribution < -0.4 is 0 Å². The summed E-state index contributed by atoms with van der Waals surface area (Å²) in [6.07, 6.45) is 0.614. The highest BCUT2D eigenvalue weighted by atomic mass is 16.4. The summed E-state index contributed by atoms with van der Waals surface area (Å²) >= 11 is 0. The Morgan fingerprint density at radius 1 is 0.857 bits per heavy atom. The van der Waals surface area contributed by atoms with Gasteiger partial charge in [0.15, 0.2) is 0 Å². The number of nitrogens with zero attached hydrogens (tertiary/aromatic N) is 3. The van der Waals surface area contributed by atoms with Crippen molar-refractivity contribution < 1.29 is 24.3 Å². The Bertz CT molecular complexity index is 766. The molecule has 0 unspecified atom stereocenters. The average Bonchev–Trinajstić information content (AvgIpc) is 2.99. The molecule has 3 amide bonds. The quantitative estimate of drug-likeness (QED) is 0.741. The van der Waals surface area contributed by atoms with Gasteiger partial charge in [0, 0.05) is 52.1 Å². The highest BCUT2D eigenvalue weighted by Gasteiger charge is 2.42. The van der Waals surface area contributed by atoms with Crippen LogP contribution in [0.4, 0.5) is 0 Å². The summed E-state index contributed by atoms with van der Waals surface area (Å²) in [6, 6.07) is 9.22. The Labute approximate surface area is 163 Å². The fraction of sp³-hybridized carbons (Fsp3) is 0.500. The SMILES string of the molecule is CC(=O)N1CCCN(C(=O)C(=O)N2C[C@H](C(=O)O)[C@@H](c3ccccc3)C2)CC1. The lowest BCUT2D eigenvalue weighted by Crippen LogP contribution is -2.46. The van der Waals surface area contributed by atoms with Crippen molar-refractivity contribution in [3.8, 4) is 0 Å². The fourth-order valence-corrected chi connectivity index (χ4v) is 3.96. The number of hydrogen-bond acceptors (Lipinski definition) is 4. The summed E-state index contributed by atoms with van der Waals surface area (Å²) in [4.78, 5) is 53.2. The van der Waals surface area contributed by atoms with Gasteiger partial charge in [-0.3, -0.25) is 19.2 Å². The van der Waals surface area contributed by atoms with Crippen LogP contribution in [-0.4, -0.2) is 82.8 Å². The van der Waals surface area contributed by atoms with Crippen LogP contribution in [0.1, 0.15) is 24.8 Å². The molecule has 0 aliphatic carbocycles. The van der Waals surface area contributed by atoms with E-state index in [0.717, 1.165) is 5.56 Å². The van der Waals surface area contributed by atoms with Gasteiger partial charge in [-0.2, -0.15) is 0 Å². The highest BCUT2D eigenvalue weighted by Crippen LogP contribution is 2.33. The smallest absolute Gasteiger partial charge is 0.312 e. The van der Waals surface area contributed by atoms with Crippen LogP contribution in [-0.2, 0) is 19.2 Å². The Hall–Kier alpha value is -2.90. The first-order valence-electron chi connectivity index (χ1n) is 9.50. The molecule has 1 aromatic rings. The van der Waals surface area contributed by atoms with Gasteiger partial charge in [-0.15, -0.1) is 0 Å². The second-order valence-electron chi connectivity index (χ2n) is 7.32. The summed E-state index contributed by atoms with van der Waals surface area (Å²) in [5.74, 6) is -3.38. The Morgan fingerprint density at radius 3 is 2.11 bits per heavy atom. The van der Waals surface area contributed by atoms with E-state index in [1.54, 1.807) is 4.90 Å². The Morgan fingerprint density at radius 2 is 1.46 bits per heavy atom. The van der Waals surface area contributed by atoms with Crippen molar-refractivity contribution in [2.24, 2.45) is 5.92 Å². The topological polar surface area (TPSA) is 98.2 Å². The number of aliphatic carboxylic acids is 1. The van der Waals surface area contributed by atoms with Gasteiger partial charge in [-0.05, 0) is 12.0 Å². The van der Waals surface area contributed by atoms with Gasteiger partial charge in [0.2, 0.25) is 5.91 Å². The predicted molar refractivity (Wildman–Crippen MR) is 100 cm³/mol. The minimum Gasteiger partial charge on any atom is -0.481 e. The molecule has 0 bridgehead atoms. The van der Waals surface area contributed by atoms with Crippen LogP contribution in [0.25, 0.3) is 0 Å². The lowest BCUT2D eigenvalue weighted by molar-refractivity contribution is -0.151. The number of rotatable bonds is 2. The second-order valence-corrected chi connectivity index (χ2v) is 7.32. The summed E-state index contributed by atoms with van der Waals surface area (Å²) in [6.45, 7) is 3.40. The van der Waals surface area contributed by atoms with E-state index in [4.69, 9.17) is 0 Å². The molecule has 8 heteroatoms. The number of carboxylic acids is 1. The summed E-state index contributed by atoms with van der Waals surface area (Å²) < 4.78 is 0. The first-order chi connectivity index (χ1) is 13.4. The molecule has 2 heterocycles. The van der Waals surface area contributed by atoms with Crippen molar-refractivity contribution in [2.75, 3.05) is 39.3 Å². The van der Waals surface area contributed by atoms with E-state index in [1.165, 1.54) is 16.7 Å². The normalized spacial score (nSPS) is 22.7. The van der Waals surface area contributed by atoms with Crippen LogP contribution in [0.3, 0.4) is 0 Å². The number of benzene rings is 1. The second kappa shape index (κ2) is 8.41. The third-order valence-corrected chi connectivity index (χ3v) is 5.56. The molecule has 2 aliphatic rings. The zero-order valence-corrected chi connectivity index (χ0v) is 15.9. The molecule has 1 aromatic carbocycles. The fourth-order valence-electron chi connectivity index (χ4n) is 3.96. The number of carboxylic acid groups (broad SMARTS) is 1. The lowest BCUT2D eigenvalue weighted by Gasteiger charge is -2.23. The van der Waals surface area contributed by atoms with Gasteiger partial charge in [-0.1, -0.05) is 30.3 Å². The van der Waals surface area contributed by atoms with Crippen LogP contribution >= 0.6 is 0 Å². The molecule has 1 N–H and O–H groups in total. The summed E-state index contributed by atoms with van der Waals surface area (Å²) in [7, 11) is 0. The number of hydrogen-bond donors (Lipinski definition) is 1. The summed E-state index contributed by atoms with van der Waals surface area (Å²) in [5.41, 5.74) is 0.851. The molecule has 3 rings (SSSR count). The van der Waals surface area contributed by atoms with Crippen molar-refractivity contribution >= 4 is 23.7 Å². The molecule has 28 heavy (non-hydrogen) atoms. The monoisotopic (exact) mass is 387 g/mol. The molecule has 2 fully saturated rings. The number of carbonyl (C=O) groups excluding carboxylic acids is 3. The van der Waals surface area contributed by atoms with Crippen molar-refractivity contribution in [2.45, 2.75) is 19.3 Å². The maximum atomic E-state index is 12.8. The van der Waals surface area contributed by atoms with Gasteiger partial charge in [-0.25, -0.2) is 0 Å². The van der Waals surface area contributed by atoms with E-state index >= 15 is 0 Å². The molecule has 2 saturated heterocycles. The molecule has 150 valence electrons. The van der Waals surface area contributed by atoms with Crippen molar-refractivity contribution in [1.29, 1.82) is 0 Å². The number of amides is 3. The predicted octanol–water partition coefficient (Wildman–Crippen LogP) is 0.394. The molecule has 0 aromatic heterocycles. The molecule has 0 spiro atoms. The molecule has 2 atom stereocenters. The Balaban J connectivity index is 1.69. The van der Waals surface area contributed by atoms with Crippen LogP contribution in [0.2, 0.25) is 0 Å². The van der Waals surface area contributed by atoms with Gasteiger partial charge in [0.05, 0.1) is 5.92 Å². The first-order valence-corrected chi connectivity index (χ1v) is 9.50. The highest BCUT2D eigenvalue weighted by molar-refractivity contribution is 6.35. The van der Waals surface area contributed by atoms with Crippen LogP contribution in [0.15, 0.2) is 30.3 Å². The molecular weight excluding hydrogens is 362 g/mol. The molecule has 0 saturated carbocycles. The molecular formula is C20H25N3O5. The number of likely N-dealkylation sites (tertiary alicyclic amines) is 1. The maximum Gasteiger partial charge on any atom is 0.312 e. The molecule has 2 aliphatic heterocycles. The van der Waals surface area contributed by atoms with Gasteiger partial charge in [0.1, 0.15) is 0 Å². The Kier molecular flexibility index (Phi) is 5.96. The summed E-state index contributed by atoms with van der Waals surface area (Å²) in [5, 5.41) is 9.58. The van der Waals surface area contributed by atoms with Crippen LogP contribution in [0.5, 0.6) is 0 Å². The minimum absolute atomic E-state index is 0.0207.